The van der Waals surface area contributed by atoms with Crippen molar-refractivity contribution in [3.63, 3.8) is 0 Å². The molecule has 2 N–H and O–H groups in total. The lowest BCUT2D eigenvalue weighted by Crippen LogP contribution is -2.20. The lowest BCUT2D eigenvalue weighted by Gasteiger charge is -2.08. The predicted octanol–water partition coefficient (Wildman–Crippen LogP) is 3.70. The minimum absolute atomic E-state index is 0.353. The van der Waals surface area contributed by atoms with Gasteiger partial charge >= 0.3 is 6.03 Å². The lowest BCUT2D eigenvalue weighted by atomic mass is 10.2. The highest BCUT2D eigenvalue weighted by molar-refractivity contribution is 9.10. The summed E-state index contributed by atoms with van der Waals surface area (Å²) in [6, 6.07) is 6.91. The van der Waals surface area contributed by atoms with Crippen molar-refractivity contribution >= 4 is 33.5 Å². The summed E-state index contributed by atoms with van der Waals surface area (Å²) in [4.78, 5) is 11.7. The molecule has 2 rings (SSSR count). The number of halogens is 1. The molecule has 2 aromatic rings. The fourth-order valence-electron chi connectivity index (χ4n) is 1.46. The first-order valence-corrected chi connectivity index (χ1v) is 6.11. The molecule has 0 spiro atoms. The van der Waals surface area contributed by atoms with E-state index in [0.29, 0.717) is 11.6 Å². The van der Waals surface area contributed by atoms with Crippen LogP contribution in [-0.2, 0) is 0 Å². The predicted molar refractivity (Wildman–Crippen MR) is 72.8 cm³/mol. The number of aromatic nitrogens is 1. The molecule has 0 fully saturated rings. The minimum atomic E-state index is -0.353. The summed E-state index contributed by atoms with van der Waals surface area (Å²) in [6.07, 6.45) is 0. The van der Waals surface area contributed by atoms with Crippen LogP contribution in [0.25, 0.3) is 0 Å². The van der Waals surface area contributed by atoms with Gasteiger partial charge in [-0.3, -0.25) is 5.32 Å². The van der Waals surface area contributed by atoms with Gasteiger partial charge in [-0.15, -0.1) is 0 Å². The Morgan fingerprint density at radius 2 is 2.06 bits per heavy atom. The van der Waals surface area contributed by atoms with Crippen LogP contribution in [0, 0.1) is 13.8 Å². The van der Waals surface area contributed by atoms with Crippen LogP contribution in [-0.4, -0.2) is 11.2 Å². The molecule has 0 radical (unpaired) electrons. The first-order valence-electron chi connectivity index (χ1n) is 5.32. The summed E-state index contributed by atoms with van der Waals surface area (Å²) >= 11 is 3.37. The number of amides is 2. The number of carbonyl (C=O) groups is 1. The Morgan fingerprint density at radius 3 is 2.67 bits per heavy atom. The molecule has 1 aromatic carbocycles. The monoisotopic (exact) mass is 309 g/mol. The van der Waals surface area contributed by atoms with Crippen LogP contribution in [0.15, 0.2) is 33.3 Å². The summed E-state index contributed by atoms with van der Waals surface area (Å²) in [7, 11) is 0. The molecule has 0 aliphatic rings. The highest BCUT2D eigenvalue weighted by Crippen LogP contribution is 2.20. The average molecular weight is 310 g/mol. The smallest absolute Gasteiger partial charge is 0.324 e. The van der Waals surface area contributed by atoms with Gasteiger partial charge in [0.1, 0.15) is 5.76 Å². The van der Waals surface area contributed by atoms with E-state index >= 15 is 0 Å². The molecule has 5 nitrogen and oxygen atoms in total. The number of nitrogens with one attached hydrogen (secondary N) is 2. The van der Waals surface area contributed by atoms with Gasteiger partial charge in [-0.2, -0.15) is 0 Å². The van der Waals surface area contributed by atoms with Crippen molar-refractivity contribution in [2.45, 2.75) is 13.8 Å². The third kappa shape index (κ3) is 3.10. The third-order valence-corrected chi connectivity index (χ3v) is 2.80. The van der Waals surface area contributed by atoms with E-state index in [-0.39, 0.29) is 6.03 Å². The largest absolute Gasteiger partial charge is 0.360 e. The summed E-state index contributed by atoms with van der Waals surface area (Å²) in [5, 5.41) is 9.01. The molecule has 0 bridgehead atoms. The molecule has 1 aromatic heterocycles. The molecule has 0 atom stereocenters. The number of aryl methyl sites for hydroxylation is 2. The zero-order valence-corrected chi connectivity index (χ0v) is 11.5. The van der Waals surface area contributed by atoms with E-state index in [2.05, 4.69) is 31.7 Å². The molecule has 94 valence electrons. The number of anilines is 2. The van der Waals surface area contributed by atoms with Crippen molar-refractivity contribution < 1.29 is 9.32 Å². The van der Waals surface area contributed by atoms with Crippen molar-refractivity contribution in [2.75, 3.05) is 10.6 Å². The van der Waals surface area contributed by atoms with Crippen LogP contribution >= 0.6 is 15.9 Å². The molecule has 0 aliphatic heterocycles. The van der Waals surface area contributed by atoms with Crippen LogP contribution in [0.1, 0.15) is 11.3 Å². The Kier molecular flexibility index (Phi) is 3.66. The fraction of sp³-hybridized carbons (Fsp3) is 0.167. The maximum absolute atomic E-state index is 11.7. The van der Waals surface area contributed by atoms with Crippen molar-refractivity contribution in [1.82, 2.24) is 5.16 Å². The maximum Gasteiger partial charge on any atom is 0.324 e. The highest BCUT2D eigenvalue weighted by Gasteiger charge is 2.07. The summed E-state index contributed by atoms with van der Waals surface area (Å²) < 4.78 is 5.83. The molecule has 0 aliphatic carbocycles. The average Bonchev–Trinajstić information content (AvgIpc) is 2.68. The number of carbonyl (C=O) groups excluding carboxylic acids is 1. The topological polar surface area (TPSA) is 67.2 Å². The second kappa shape index (κ2) is 5.22. The van der Waals surface area contributed by atoms with Crippen LogP contribution < -0.4 is 10.6 Å². The van der Waals surface area contributed by atoms with Crippen LogP contribution in [0.2, 0.25) is 0 Å². The van der Waals surface area contributed by atoms with Crippen molar-refractivity contribution in [3.05, 3.63) is 40.1 Å². The first kappa shape index (κ1) is 12.6. The number of hydrogen-bond acceptors (Lipinski definition) is 3. The van der Waals surface area contributed by atoms with Crippen molar-refractivity contribution in [1.29, 1.82) is 0 Å². The molecule has 18 heavy (non-hydrogen) atoms. The van der Waals surface area contributed by atoms with Gasteiger partial charge in [0.25, 0.3) is 0 Å². The normalized spacial score (nSPS) is 10.2. The van der Waals surface area contributed by atoms with E-state index in [1.165, 1.54) is 0 Å². The summed E-state index contributed by atoms with van der Waals surface area (Å²) in [5.41, 5.74) is 1.71. The van der Waals surface area contributed by atoms with Gasteiger partial charge in [0.2, 0.25) is 0 Å². The molecule has 6 heteroatoms. The number of nitrogens with zero attached hydrogens (tertiary/aromatic N) is 1. The molecular weight excluding hydrogens is 298 g/mol. The maximum atomic E-state index is 11.7. The molecule has 2 amide bonds. The van der Waals surface area contributed by atoms with Gasteiger partial charge in [-0.1, -0.05) is 21.1 Å². The first-order chi connectivity index (χ1) is 8.54. The SMILES string of the molecule is Cc1cc(NC(=O)Nc2ccc(Br)cc2C)no1. The number of benzene rings is 1. The summed E-state index contributed by atoms with van der Waals surface area (Å²) in [5.74, 6) is 1.03. The highest BCUT2D eigenvalue weighted by atomic mass is 79.9. The van der Waals surface area contributed by atoms with Crippen molar-refractivity contribution in [2.24, 2.45) is 0 Å². The van der Waals surface area contributed by atoms with Crippen LogP contribution in [0.3, 0.4) is 0 Å². The molecule has 0 saturated heterocycles. The molecule has 0 saturated carbocycles. The third-order valence-electron chi connectivity index (χ3n) is 2.31. The molecular formula is C12H12BrN3O2. The van der Waals surface area contributed by atoms with Crippen LogP contribution in [0.5, 0.6) is 0 Å². The Hall–Kier alpha value is -1.82. The van der Waals surface area contributed by atoms with Gasteiger partial charge in [0, 0.05) is 16.2 Å². The second-order valence-electron chi connectivity index (χ2n) is 3.86. The Bertz CT molecular complexity index is 580. The zero-order chi connectivity index (χ0) is 13.1. The van der Waals surface area contributed by atoms with Gasteiger partial charge in [-0.05, 0) is 37.6 Å². The van der Waals surface area contributed by atoms with E-state index in [1.54, 1.807) is 13.0 Å². The fourth-order valence-corrected chi connectivity index (χ4v) is 1.94. The van der Waals surface area contributed by atoms with E-state index in [4.69, 9.17) is 4.52 Å². The van der Waals surface area contributed by atoms with Gasteiger partial charge in [0.05, 0.1) is 0 Å². The molecule has 0 unspecified atom stereocenters. The van der Waals surface area contributed by atoms with Gasteiger partial charge < -0.3 is 9.84 Å². The quantitative estimate of drug-likeness (QED) is 0.889. The molecule has 1 heterocycles. The Balaban J connectivity index is 2.03. The lowest BCUT2D eigenvalue weighted by molar-refractivity contribution is 0.262. The summed E-state index contributed by atoms with van der Waals surface area (Å²) in [6.45, 7) is 3.68. The van der Waals surface area contributed by atoms with E-state index in [0.717, 1.165) is 15.7 Å². The number of urea groups is 1. The van der Waals surface area contributed by atoms with E-state index in [9.17, 15) is 4.79 Å². The Labute approximate surface area is 113 Å². The number of rotatable bonds is 2. The van der Waals surface area contributed by atoms with Gasteiger partial charge in [-0.25, -0.2) is 4.79 Å². The minimum Gasteiger partial charge on any atom is -0.360 e. The Morgan fingerprint density at radius 1 is 1.28 bits per heavy atom. The van der Waals surface area contributed by atoms with Crippen molar-refractivity contribution in [3.8, 4) is 0 Å². The number of hydrogen-bond donors (Lipinski definition) is 2. The van der Waals surface area contributed by atoms with Crippen LogP contribution in [0.4, 0.5) is 16.3 Å². The van der Waals surface area contributed by atoms with E-state index < -0.39 is 0 Å². The second-order valence-corrected chi connectivity index (χ2v) is 4.78. The zero-order valence-electron chi connectivity index (χ0n) is 9.95. The van der Waals surface area contributed by atoms with E-state index in [1.807, 2.05) is 25.1 Å². The standard InChI is InChI=1S/C12H12BrN3O2/c1-7-5-9(13)3-4-10(7)14-12(17)15-11-6-8(2)18-16-11/h3-6H,1-2H3,(H2,14,15,16,17). The van der Waals surface area contributed by atoms with Gasteiger partial charge in [0.15, 0.2) is 5.82 Å².